The normalized spacial score (nSPS) is 15.5. The van der Waals surface area contributed by atoms with Crippen LogP contribution in [0.2, 0.25) is 0 Å². The van der Waals surface area contributed by atoms with E-state index in [1.165, 1.54) is 42.2 Å². The van der Waals surface area contributed by atoms with Crippen LogP contribution in [0.1, 0.15) is 141 Å². The highest BCUT2D eigenvalue weighted by Gasteiger charge is 2.32. The fourth-order valence-electron chi connectivity index (χ4n) is 10.0. The van der Waals surface area contributed by atoms with Gasteiger partial charge in [-0.05, 0) is 73.2 Å². The van der Waals surface area contributed by atoms with Crippen molar-refractivity contribution < 1.29 is 52.4 Å². The zero-order valence-electron chi connectivity index (χ0n) is 53.5. The molecule has 0 spiro atoms. The second kappa shape index (κ2) is 33.3. The van der Waals surface area contributed by atoms with Crippen LogP contribution in [0.3, 0.4) is 0 Å². The van der Waals surface area contributed by atoms with Gasteiger partial charge in [-0.1, -0.05) is 61.1 Å². The lowest BCUT2D eigenvalue weighted by Gasteiger charge is -2.39. The number of carbonyl (C=O) groups excluding carboxylic acids is 4. The first-order valence-electron chi connectivity index (χ1n) is 29.8. The lowest BCUT2D eigenvalue weighted by Crippen LogP contribution is -2.56. The highest BCUT2D eigenvalue weighted by atomic mass is 32.1. The van der Waals surface area contributed by atoms with Gasteiger partial charge in [0.2, 0.25) is 11.8 Å². The van der Waals surface area contributed by atoms with Crippen molar-refractivity contribution in [1.82, 2.24) is 54.8 Å². The number of nitrogens with one attached hydrogen (secondary N) is 3. The number of β-amino-alcohol motifs (C(OH)–C–C–N with tert-alkyl or cyclic N) is 2. The molecule has 3 amide bonds. The molecule has 4 aliphatic rings. The first kappa shape index (κ1) is 74.3. The minimum Gasteiger partial charge on any atom is -0.486 e. The lowest BCUT2D eigenvalue weighted by molar-refractivity contribution is -0.133. The highest BCUT2D eigenvalue weighted by Crippen LogP contribution is 2.28. The Morgan fingerprint density at radius 3 is 1.47 bits per heavy atom. The van der Waals surface area contributed by atoms with Gasteiger partial charge in [0.25, 0.3) is 5.91 Å². The molecule has 2 fully saturated rings. The van der Waals surface area contributed by atoms with Crippen molar-refractivity contribution in [3.63, 3.8) is 0 Å². The molecule has 0 aliphatic carbocycles. The number of esters is 1. The topological polar surface area (TPSA) is 315 Å². The minimum atomic E-state index is -0.743. The number of amides is 3. The third-order valence-electron chi connectivity index (χ3n) is 15.5. The van der Waals surface area contributed by atoms with Gasteiger partial charge in [-0.25, -0.2) is 34.7 Å². The number of anilines is 2. The van der Waals surface area contributed by atoms with E-state index in [2.05, 4.69) is 79.9 Å². The molecule has 0 bridgehead atoms. The van der Waals surface area contributed by atoms with Gasteiger partial charge < -0.3 is 64.7 Å². The number of aryl methyl sites for hydroxylation is 2. The predicted octanol–water partition coefficient (Wildman–Crippen LogP) is 5.75. The van der Waals surface area contributed by atoms with Crippen molar-refractivity contribution in [3.8, 4) is 11.5 Å². The third-order valence-corrected chi connectivity index (χ3v) is 15.5. The van der Waals surface area contributed by atoms with Crippen LogP contribution in [-0.2, 0) is 64.3 Å². The maximum Gasteiger partial charge on any atom is 0.356 e. The van der Waals surface area contributed by atoms with Crippen LogP contribution in [-0.4, -0.2) is 180 Å². The number of hydrogen-bond acceptors (Lipinski definition) is 22. The zero-order chi connectivity index (χ0) is 63.5. The van der Waals surface area contributed by atoms with Crippen molar-refractivity contribution in [3.05, 3.63) is 130 Å². The smallest absolute Gasteiger partial charge is 0.356 e. The van der Waals surface area contributed by atoms with Crippen molar-refractivity contribution in [2.75, 3.05) is 83.2 Å². The van der Waals surface area contributed by atoms with Crippen LogP contribution in [0.25, 0.3) is 0 Å². The van der Waals surface area contributed by atoms with Crippen LogP contribution in [0, 0.1) is 13.8 Å². The summed E-state index contributed by atoms with van der Waals surface area (Å²) in [5.41, 5.74) is 12.0. The highest BCUT2D eigenvalue weighted by molar-refractivity contribution is 7.59. The first-order chi connectivity index (χ1) is 41.8. The van der Waals surface area contributed by atoms with E-state index in [0.29, 0.717) is 94.6 Å². The average Bonchev–Trinajstić information content (AvgIpc) is 1.38. The van der Waals surface area contributed by atoms with E-state index in [1.54, 1.807) is 35.8 Å². The molecule has 0 radical (unpaired) electrons. The van der Waals surface area contributed by atoms with Gasteiger partial charge in [0, 0.05) is 115 Å². The molecule has 2 atom stereocenters. The zero-order valence-corrected chi connectivity index (χ0v) is 55.5. The van der Waals surface area contributed by atoms with Crippen LogP contribution in [0.15, 0.2) is 70.2 Å². The summed E-state index contributed by atoms with van der Waals surface area (Å²) in [5, 5.41) is 29.9. The Labute approximate surface area is 547 Å². The fourth-order valence-corrected chi connectivity index (χ4v) is 10.0. The molecule has 0 unspecified atom stereocenters. The SMILES string of the molecule is C.CC(=O)N1CC(Nc2cc(C(=O)NC[C@H](O)CN3CCc4cc(OCc5ocnc5C)ccc4C3)nc(C(C)(C)C)n2)C1.COC(=O)c1cc(NC2CN(C(C)=O)C2)nc(C(C)(C)C)n1.Cc1ncoc1COc1ccc2c(c1)CCN(C[C@@H](O)CN)C2.S.S. The molecular formula is C64H94N14O11S2. The Hall–Kier alpha value is -7.40. The summed E-state index contributed by atoms with van der Waals surface area (Å²) in [6, 6.07) is 15.7. The van der Waals surface area contributed by atoms with Gasteiger partial charge in [-0.15, -0.1) is 0 Å². The summed E-state index contributed by atoms with van der Waals surface area (Å²) < 4.78 is 27.1. The Kier molecular flexibility index (Phi) is 27.2. The maximum atomic E-state index is 13.1. The van der Waals surface area contributed by atoms with E-state index >= 15 is 0 Å². The number of likely N-dealkylation sites (tertiary alicyclic amines) is 2. The second-order valence-electron chi connectivity index (χ2n) is 24.8. The molecule has 4 aromatic heterocycles. The van der Waals surface area contributed by atoms with Gasteiger partial charge in [0.05, 0.1) is 42.8 Å². The average molecular weight is 1300 g/mol. The number of aliphatic hydroxyl groups is 2. The van der Waals surface area contributed by atoms with E-state index in [9.17, 15) is 29.4 Å². The van der Waals surface area contributed by atoms with Crippen molar-refractivity contribution in [1.29, 1.82) is 0 Å². The summed E-state index contributed by atoms with van der Waals surface area (Å²) in [7, 11) is 1.32. The number of methoxy groups -OCH3 is 1. The van der Waals surface area contributed by atoms with Gasteiger partial charge in [-0.3, -0.25) is 24.2 Å². The molecule has 8 heterocycles. The second-order valence-corrected chi connectivity index (χ2v) is 24.8. The number of rotatable bonds is 19. The van der Waals surface area contributed by atoms with Gasteiger partial charge >= 0.3 is 5.97 Å². The van der Waals surface area contributed by atoms with E-state index in [4.69, 9.17) is 28.8 Å². The van der Waals surface area contributed by atoms with Crippen LogP contribution in [0.4, 0.5) is 11.6 Å². The Morgan fingerprint density at radius 1 is 0.648 bits per heavy atom. The van der Waals surface area contributed by atoms with Crippen LogP contribution >= 0.6 is 27.0 Å². The van der Waals surface area contributed by atoms with Crippen LogP contribution < -0.4 is 31.2 Å². The molecule has 498 valence electrons. The van der Waals surface area contributed by atoms with Crippen molar-refractivity contribution >= 4 is 62.3 Å². The number of ether oxygens (including phenoxy) is 3. The minimum absolute atomic E-state index is 0. The molecule has 2 aromatic carbocycles. The first-order valence-corrected chi connectivity index (χ1v) is 29.8. The molecule has 10 rings (SSSR count). The summed E-state index contributed by atoms with van der Waals surface area (Å²) >= 11 is 0. The number of aromatic nitrogens is 6. The molecule has 6 aromatic rings. The summed E-state index contributed by atoms with van der Waals surface area (Å²) in [5.74, 6) is 4.58. The number of nitrogens with zero attached hydrogens (tertiary/aromatic N) is 10. The number of carbonyl (C=O) groups is 4. The predicted molar refractivity (Wildman–Crippen MR) is 355 cm³/mol. The number of fused-ring (bicyclic) bond motifs is 2. The van der Waals surface area contributed by atoms with Crippen LogP contribution in [0.5, 0.6) is 11.5 Å². The molecule has 7 N–H and O–H groups in total. The molecule has 91 heavy (non-hydrogen) atoms. The molecule has 25 nitrogen and oxygen atoms in total. The largest absolute Gasteiger partial charge is 0.486 e. The fraction of sp³-hybridized carbons (Fsp3) is 0.531. The third kappa shape index (κ3) is 21.1. The van der Waals surface area contributed by atoms with E-state index in [1.807, 2.05) is 67.5 Å². The van der Waals surface area contributed by atoms with Gasteiger partial charge in [0.15, 0.2) is 30.0 Å². The molecule has 4 aliphatic heterocycles. The summed E-state index contributed by atoms with van der Waals surface area (Å²) in [4.78, 5) is 81.5. The van der Waals surface area contributed by atoms with Gasteiger partial charge in [-0.2, -0.15) is 27.0 Å². The number of hydrogen-bond donors (Lipinski definition) is 6. The molecule has 2 saturated heterocycles. The Bertz CT molecular complexity index is 3380. The number of nitrogens with two attached hydrogens (primary N) is 1. The van der Waals surface area contributed by atoms with E-state index in [-0.39, 0.29) is 93.0 Å². The Balaban J connectivity index is 0.000000266. The number of benzene rings is 2. The standard InChI is InChI=1S/C31H41N7O5.C17H23N3O3.C15H22N4O3.CH4.2H2S/c1-19-27(43-18-33-19)17-42-25-7-6-22-13-37(9-8-21(22)10-25)16-24(40)12-32-29(41)26-11-28(36-30(35-26)31(3,4)5)34-23-14-38(15-23)20(2)39;1-12-17(23-11-19-12)10-22-16-3-2-14-8-20(9-15(21)7-18)5-4-13(14)6-16;1-9(20)19-7-10(8-19)16-12-6-11(13(21)22-5)17-14(18-12)15(2,3)4;;;/h6-7,10-11,18,23-24,40H,8-9,12-17H2,1-5H3,(H,32,41)(H,34,35,36);2-3,6,11,15,21H,4-5,7-10,18H2,1H3;6,10H,7-8H2,1-5H3,(H,16,17,18);1H4;2*1H2/t24-;15-;;;;/m00..../s1. The van der Waals surface area contributed by atoms with Gasteiger partial charge in [0.1, 0.15) is 53.7 Å². The summed E-state index contributed by atoms with van der Waals surface area (Å²) in [6.45, 7) is 26.7. The van der Waals surface area contributed by atoms with Crippen molar-refractivity contribution in [2.45, 2.75) is 151 Å². The van der Waals surface area contributed by atoms with E-state index in [0.717, 1.165) is 61.1 Å². The molecule has 0 saturated carbocycles. The quantitative estimate of drug-likeness (QED) is 0.0526. The van der Waals surface area contributed by atoms with E-state index < -0.39 is 18.2 Å². The molecular weight excluding hydrogens is 1200 g/mol. The molecule has 27 heteroatoms. The Morgan fingerprint density at radius 2 is 1.08 bits per heavy atom. The summed E-state index contributed by atoms with van der Waals surface area (Å²) in [6.07, 6.45) is 3.45. The lowest BCUT2D eigenvalue weighted by atomic mass is 9.95. The number of aliphatic hydroxyl groups excluding tert-OH is 2. The monoisotopic (exact) mass is 1300 g/mol. The number of oxazole rings is 2. The van der Waals surface area contributed by atoms with Crippen molar-refractivity contribution in [2.24, 2.45) is 5.73 Å². The maximum absolute atomic E-state index is 13.1.